The average molecular weight is 591 g/mol. The van der Waals surface area contributed by atoms with Crippen molar-refractivity contribution in [2.45, 2.75) is 43.9 Å². The van der Waals surface area contributed by atoms with Crippen LogP contribution in [0, 0.1) is 6.92 Å². The number of hydrogen-bond donors (Lipinski definition) is 0. The van der Waals surface area contributed by atoms with Gasteiger partial charge in [0.15, 0.2) is 5.43 Å². The SMILES string of the molecule is COc1ccc(S(=O)(=O)N(CC(=O)N(Cc2ccccc2)Cc2coc3ccc(C)cc3c2=O)C[C@H]2CCCO2)cc1. The molecule has 0 aliphatic carbocycles. The monoisotopic (exact) mass is 590 g/mol. The number of amides is 1. The van der Waals surface area contributed by atoms with Gasteiger partial charge < -0.3 is 18.8 Å². The molecule has 5 rings (SSSR count). The standard InChI is InChI=1S/C32H34N2O7S/c1-23-10-15-30-29(17-23)32(36)25(22-41-30)19-33(18-24-7-4-3-5-8-24)31(35)21-34(20-27-9-6-16-40-27)42(37,38)28-13-11-26(39-2)12-14-28/h3-5,7-8,10-15,17,22,27H,6,9,16,18-21H2,1-2H3/t27-/m1/s1. The van der Waals surface area contributed by atoms with Crippen molar-refractivity contribution in [1.29, 1.82) is 0 Å². The van der Waals surface area contributed by atoms with Crippen molar-refractivity contribution in [1.82, 2.24) is 9.21 Å². The lowest BCUT2D eigenvalue weighted by Gasteiger charge is -2.28. The lowest BCUT2D eigenvalue weighted by molar-refractivity contribution is -0.132. The lowest BCUT2D eigenvalue weighted by Crippen LogP contribution is -2.45. The Labute approximate surface area is 245 Å². The van der Waals surface area contributed by atoms with Crippen LogP contribution in [0.3, 0.4) is 0 Å². The van der Waals surface area contributed by atoms with Crippen LogP contribution in [0.15, 0.2) is 93.2 Å². The van der Waals surface area contributed by atoms with Gasteiger partial charge in [-0.3, -0.25) is 9.59 Å². The number of nitrogens with zero attached hydrogens (tertiary/aromatic N) is 2. The predicted octanol–water partition coefficient (Wildman–Crippen LogP) is 4.51. The normalized spacial score (nSPS) is 15.3. The number of rotatable bonds is 11. The zero-order valence-electron chi connectivity index (χ0n) is 23.7. The maximum absolute atomic E-state index is 14.0. The molecule has 42 heavy (non-hydrogen) atoms. The van der Waals surface area contributed by atoms with Gasteiger partial charge in [0.05, 0.1) is 48.4 Å². The second kappa shape index (κ2) is 12.9. The van der Waals surface area contributed by atoms with Crippen molar-refractivity contribution in [3.8, 4) is 5.75 Å². The minimum absolute atomic E-state index is 0.0384. The fraction of sp³-hybridized carbons (Fsp3) is 0.312. The Morgan fingerprint density at radius 2 is 1.79 bits per heavy atom. The topological polar surface area (TPSA) is 106 Å². The lowest BCUT2D eigenvalue weighted by atomic mass is 10.1. The van der Waals surface area contributed by atoms with Crippen LogP contribution >= 0.6 is 0 Å². The summed E-state index contributed by atoms with van der Waals surface area (Å²) in [5, 5.41) is 0.432. The number of carbonyl (C=O) groups is 1. The van der Waals surface area contributed by atoms with E-state index in [1.54, 1.807) is 24.3 Å². The van der Waals surface area contributed by atoms with E-state index < -0.39 is 22.5 Å². The van der Waals surface area contributed by atoms with Crippen molar-refractivity contribution >= 4 is 26.9 Å². The number of sulfonamides is 1. The Kier molecular flexibility index (Phi) is 9.06. The molecule has 1 fully saturated rings. The fourth-order valence-electron chi connectivity index (χ4n) is 5.05. The summed E-state index contributed by atoms with van der Waals surface area (Å²) in [6.45, 7) is 2.20. The molecule has 9 nitrogen and oxygen atoms in total. The van der Waals surface area contributed by atoms with Gasteiger partial charge in [0.1, 0.15) is 11.3 Å². The summed E-state index contributed by atoms with van der Waals surface area (Å²) in [5.74, 6) is 0.0758. The Bertz CT molecular complexity index is 1700. The molecule has 10 heteroatoms. The first-order valence-corrected chi connectivity index (χ1v) is 15.3. The molecule has 4 aromatic rings. The van der Waals surface area contributed by atoms with Crippen LogP contribution in [0.25, 0.3) is 11.0 Å². The Balaban J connectivity index is 1.47. The van der Waals surface area contributed by atoms with Crippen LogP contribution in [-0.2, 0) is 32.6 Å². The Hall–Kier alpha value is -3.99. The van der Waals surface area contributed by atoms with Crippen LogP contribution in [0.2, 0.25) is 0 Å². The van der Waals surface area contributed by atoms with E-state index >= 15 is 0 Å². The van der Waals surface area contributed by atoms with Crippen molar-refractivity contribution in [3.63, 3.8) is 0 Å². The molecule has 3 aromatic carbocycles. The van der Waals surface area contributed by atoms with Crippen molar-refractivity contribution in [2.24, 2.45) is 0 Å². The Morgan fingerprint density at radius 1 is 1.02 bits per heavy atom. The number of carbonyl (C=O) groups excluding carboxylic acids is 1. The molecule has 1 atom stereocenters. The van der Waals surface area contributed by atoms with E-state index in [0.29, 0.717) is 35.3 Å². The molecule has 0 unspecified atom stereocenters. The average Bonchev–Trinajstić information content (AvgIpc) is 3.52. The van der Waals surface area contributed by atoms with Crippen LogP contribution in [0.5, 0.6) is 5.75 Å². The van der Waals surface area contributed by atoms with E-state index in [4.69, 9.17) is 13.9 Å². The second-order valence-corrected chi connectivity index (χ2v) is 12.4. The molecule has 0 bridgehead atoms. The fourth-order valence-corrected chi connectivity index (χ4v) is 6.47. The summed E-state index contributed by atoms with van der Waals surface area (Å²) in [6.07, 6.45) is 2.59. The third kappa shape index (κ3) is 6.73. The molecule has 0 saturated carbocycles. The summed E-state index contributed by atoms with van der Waals surface area (Å²) in [7, 11) is -2.56. The zero-order chi connectivity index (χ0) is 29.7. The van der Waals surface area contributed by atoms with Crippen molar-refractivity contribution in [2.75, 3.05) is 26.8 Å². The molecule has 2 heterocycles. The van der Waals surface area contributed by atoms with Gasteiger partial charge in [0.2, 0.25) is 15.9 Å². The molecule has 0 spiro atoms. The summed E-state index contributed by atoms with van der Waals surface area (Å²) in [4.78, 5) is 28.9. The highest BCUT2D eigenvalue weighted by molar-refractivity contribution is 7.89. The zero-order valence-corrected chi connectivity index (χ0v) is 24.5. The van der Waals surface area contributed by atoms with Gasteiger partial charge in [-0.15, -0.1) is 0 Å². The van der Waals surface area contributed by atoms with Gasteiger partial charge in [0.25, 0.3) is 0 Å². The molecule has 0 N–H and O–H groups in total. The molecule has 0 radical (unpaired) electrons. The van der Waals surface area contributed by atoms with E-state index in [9.17, 15) is 18.0 Å². The van der Waals surface area contributed by atoms with Crippen LogP contribution in [0.1, 0.15) is 29.5 Å². The number of methoxy groups -OCH3 is 1. The second-order valence-electron chi connectivity index (χ2n) is 10.4. The van der Waals surface area contributed by atoms with Crippen LogP contribution in [0.4, 0.5) is 0 Å². The van der Waals surface area contributed by atoms with E-state index in [1.807, 2.05) is 43.3 Å². The minimum atomic E-state index is -4.06. The smallest absolute Gasteiger partial charge is 0.243 e. The van der Waals surface area contributed by atoms with Crippen LogP contribution in [-0.4, -0.2) is 56.4 Å². The quantitative estimate of drug-likeness (QED) is 0.253. The van der Waals surface area contributed by atoms with E-state index in [-0.39, 0.29) is 36.1 Å². The highest BCUT2D eigenvalue weighted by Crippen LogP contribution is 2.23. The predicted molar refractivity (Wildman–Crippen MR) is 159 cm³/mol. The van der Waals surface area contributed by atoms with E-state index in [0.717, 1.165) is 17.5 Å². The summed E-state index contributed by atoms with van der Waals surface area (Å²) in [6, 6.07) is 20.8. The van der Waals surface area contributed by atoms with Gasteiger partial charge >= 0.3 is 0 Å². The molecular formula is C32H34N2O7S. The molecule has 1 saturated heterocycles. The van der Waals surface area contributed by atoms with Gasteiger partial charge in [-0.2, -0.15) is 4.31 Å². The summed E-state index contributed by atoms with van der Waals surface area (Å²) >= 11 is 0. The highest BCUT2D eigenvalue weighted by atomic mass is 32.2. The highest BCUT2D eigenvalue weighted by Gasteiger charge is 2.32. The maximum Gasteiger partial charge on any atom is 0.243 e. The number of ether oxygens (including phenoxy) is 2. The van der Waals surface area contributed by atoms with Gasteiger partial charge in [-0.1, -0.05) is 42.0 Å². The number of aryl methyl sites for hydroxylation is 1. The third-order valence-electron chi connectivity index (χ3n) is 7.37. The number of fused-ring (bicyclic) bond motifs is 1. The molecule has 1 amide bonds. The van der Waals surface area contributed by atoms with Crippen molar-refractivity contribution in [3.05, 3.63) is 106 Å². The summed E-state index contributed by atoms with van der Waals surface area (Å²) < 4.78 is 45.5. The molecule has 1 aliphatic rings. The molecule has 1 aromatic heterocycles. The largest absolute Gasteiger partial charge is 0.497 e. The molecule has 220 valence electrons. The van der Waals surface area contributed by atoms with Gasteiger partial charge in [-0.05, 0) is 61.7 Å². The van der Waals surface area contributed by atoms with E-state index in [2.05, 4.69) is 0 Å². The number of benzene rings is 3. The first-order valence-electron chi connectivity index (χ1n) is 13.8. The Morgan fingerprint density at radius 3 is 2.48 bits per heavy atom. The first-order chi connectivity index (χ1) is 20.2. The van der Waals surface area contributed by atoms with Gasteiger partial charge in [0, 0.05) is 19.7 Å². The molecule has 1 aliphatic heterocycles. The van der Waals surface area contributed by atoms with Crippen LogP contribution < -0.4 is 10.2 Å². The first kappa shape index (κ1) is 29.5. The van der Waals surface area contributed by atoms with E-state index in [1.165, 1.54) is 34.7 Å². The van der Waals surface area contributed by atoms with Gasteiger partial charge in [-0.25, -0.2) is 8.42 Å². The maximum atomic E-state index is 14.0. The third-order valence-corrected chi connectivity index (χ3v) is 9.20. The van der Waals surface area contributed by atoms with Crippen molar-refractivity contribution < 1.29 is 27.1 Å². The molecular weight excluding hydrogens is 556 g/mol. The summed E-state index contributed by atoms with van der Waals surface area (Å²) in [5.41, 5.74) is 2.30. The number of hydrogen-bond acceptors (Lipinski definition) is 7. The minimum Gasteiger partial charge on any atom is -0.497 e.